The third-order valence-corrected chi connectivity index (χ3v) is 1.71. The minimum Gasteiger partial charge on any atom is -0.0845 e. The molecular formula is C12H15. The van der Waals surface area contributed by atoms with Crippen molar-refractivity contribution in [1.29, 1.82) is 0 Å². The largest absolute Gasteiger partial charge is 0.0845 e. The maximum atomic E-state index is 3.12. The van der Waals surface area contributed by atoms with Crippen molar-refractivity contribution in [3.8, 4) is 0 Å². The van der Waals surface area contributed by atoms with Gasteiger partial charge in [-0.05, 0) is 31.8 Å². The zero-order valence-electron chi connectivity index (χ0n) is 7.37. The fourth-order valence-corrected chi connectivity index (χ4v) is 1.04. The molecule has 0 heteroatoms. The van der Waals surface area contributed by atoms with Crippen LogP contribution in [0.2, 0.25) is 0 Å². The molecule has 0 unspecified atom stereocenters. The van der Waals surface area contributed by atoms with Crippen LogP contribution in [0.4, 0.5) is 0 Å². The molecular weight excluding hydrogens is 144 g/mol. The Hall–Kier alpha value is -1.04. The van der Waals surface area contributed by atoms with Gasteiger partial charge >= 0.3 is 0 Å². The van der Waals surface area contributed by atoms with E-state index in [1.807, 2.05) is 12.2 Å². The van der Waals surface area contributed by atoms with Crippen molar-refractivity contribution in [2.45, 2.75) is 25.7 Å². The molecule has 0 aromatic rings. The molecule has 0 heterocycles. The van der Waals surface area contributed by atoms with Gasteiger partial charge < -0.3 is 0 Å². The second kappa shape index (κ2) is 6.66. The standard InChI is InChI=1S/C12H15/c1-2-4-6-8-10-12-11-9-7-5-3-1/h1-4,7,11-12H,5-6,8,10H2/b3-1-,4-2+,9-7?,12-11-. The summed E-state index contributed by atoms with van der Waals surface area (Å²) in [4.78, 5) is 0. The van der Waals surface area contributed by atoms with Gasteiger partial charge in [0.2, 0.25) is 0 Å². The van der Waals surface area contributed by atoms with Crippen LogP contribution < -0.4 is 0 Å². The quantitative estimate of drug-likeness (QED) is 0.506. The Kier molecular flexibility index (Phi) is 5.02. The summed E-state index contributed by atoms with van der Waals surface area (Å²) in [6.07, 6.45) is 22.5. The van der Waals surface area contributed by atoms with Crippen molar-refractivity contribution < 1.29 is 0 Å². The summed E-state index contributed by atoms with van der Waals surface area (Å²) in [6.45, 7) is 0. The van der Waals surface area contributed by atoms with Gasteiger partial charge in [0, 0.05) is 0 Å². The molecule has 0 aliphatic heterocycles. The van der Waals surface area contributed by atoms with Crippen LogP contribution in [-0.2, 0) is 0 Å². The molecule has 1 radical (unpaired) electrons. The van der Waals surface area contributed by atoms with Crippen LogP contribution in [0.5, 0.6) is 0 Å². The van der Waals surface area contributed by atoms with E-state index in [9.17, 15) is 0 Å². The Morgan fingerprint density at radius 1 is 0.917 bits per heavy atom. The van der Waals surface area contributed by atoms with E-state index in [-0.39, 0.29) is 0 Å². The van der Waals surface area contributed by atoms with Crippen molar-refractivity contribution in [2.24, 2.45) is 0 Å². The van der Waals surface area contributed by atoms with Gasteiger partial charge in [-0.3, -0.25) is 0 Å². The topological polar surface area (TPSA) is 0 Å². The Morgan fingerprint density at radius 2 is 1.75 bits per heavy atom. The van der Waals surface area contributed by atoms with Gasteiger partial charge in [-0.2, -0.15) is 0 Å². The molecule has 1 aliphatic rings. The first-order valence-electron chi connectivity index (χ1n) is 4.54. The van der Waals surface area contributed by atoms with Crippen LogP contribution in [-0.4, -0.2) is 0 Å². The molecule has 0 bridgehead atoms. The third kappa shape index (κ3) is 4.73. The SMILES string of the molecule is [C]1=C/C/C=C\C=C\CCC\C=C/1. The smallest absolute Gasteiger partial charge is 0.0157 e. The molecule has 1 rings (SSSR count). The molecule has 0 saturated heterocycles. The highest BCUT2D eigenvalue weighted by Gasteiger charge is 1.79. The van der Waals surface area contributed by atoms with Crippen LogP contribution in [0.1, 0.15) is 25.7 Å². The predicted molar refractivity (Wildman–Crippen MR) is 53.7 cm³/mol. The van der Waals surface area contributed by atoms with E-state index in [0.29, 0.717) is 0 Å². The van der Waals surface area contributed by atoms with E-state index < -0.39 is 0 Å². The molecule has 0 N–H and O–H groups in total. The van der Waals surface area contributed by atoms with Crippen molar-refractivity contribution in [3.63, 3.8) is 0 Å². The van der Waals surface area contributed by atoms with Crippen molar-refractivity contribution in [2.75, 3.05) is 0 Å². The third-order valence-electron chi connectivity index (χ3n) is 1.71. The Bertz CT molecular complexity index is 182. The molecule has 0 saturated carbocycles. The summed E-state index contributed by atoms with van der Waals surface area (Å²) in [5.74, 6) is 0. The summed E-state index contributed by atoms with van der Waals surface area (Å²) in [7, 11) is 0. The second-order valence-corrected chi connectivity index (χ2v) is 2.80. The van der Waals surface area contributed by atoms with Gasteiger partial charge in [0.15, 0.2) is 0 Å². The Balaban J connectivity index is 2.42. The van der Waals surface area contributed by atoms with Crippen molar-refractivity contribution >= 4 is 0 Å². The molecule has 0 atom stereocenters. The summed E-state index contributed by atoms with van der Waals surface area (Å²) < 4.78 is 0. The van der Waals surface area contributed by atoms with E-state index in [4.69, 9.17) is 0 Å². The van der Waals surface area contributed by atoms with Crippen LogP contribution in [0, 0.1) is 6.08 Å². The van der Waals surface area contributed by atoms with Crippen LogP contribution >= 0.6 is 0 Å². The fourth-order valence-electron chi connectivity index (χ4n) is 1.04. The van der Waals surface area contributed by atoms with E-state index in [1.54, 1.807) is 0 Å². The summed E-state index contributed by atoms with van der Waals surface area (Å²) in [5, 5.41) is 0. The van der Waals surface area contributed by atoms with Crippen LogP contribution in [0.15, 0.2) is 42.5 Å². The average molecular weight is 159 g/mol. The molecule has 12 heavy (non-hydrogen) atoms. The average Bonchev–Trinajstić information content (AvgIpc) is 2.05. The lowest BCUT2D eigenvalue weighted by atomic mass is 10.2. The van der Waals surface area contributed by atoms with Crippen molar-refractivity contribution in [1.82, 2.24) is 0 Å². The molecule has 63 valence electrons. The van der Waals surface area contributed by atoms with E-state index in [0.717, 1.165) is 12.8 Å². The first-order valence-corrected chi connectivity index (χ1v) is 4.54. The van der Waals surface area contributed by atoms with Crippen LogP contribution in [0.3, 0.4) is 0 Å². The zero-order valence-corrected chi connectivity index (χ0v) is 7.37. The molecule has 0 amide bonds. The van der Waals surface area contributed by atoms with E-state index >= 15 is 0 Å². The predicted octanol–water partition coefficient (Wildman–Crippen LogP) is 3.59. The molecule has 1 aliphatic carbocycles. The lowest BCUT2D eigenvalue weighted by molar-refractivity contribution is 0.868. The second-order valence-electron chi connectivity index (χ2n) is 2.80. The highest BCUT2D eigenvalue weighted by Crippen LogP contribution is 1.99. The highest BCUT2D eigenvalue weighted by molar-refractivity contribution is 5.06. The molecule has 0 spiro atoms. The first-order chi connectivity index (χ1) is 6.00. The highest BCUT2D eigenvalue weighted by atomic mass is 13.9. The molecule has 0 aromatic heterocycles. The summed E-state index contributed by atoms with van der Waals surface area (Å²) in [6, 6.07) is 0. The monoisotopic (exact) mass is 159 g/mol. The first kappa shape index (κ1) is 9.05. The van der Waals surface area contributed by atoms with Crippen molar-refractivity contribution in [3.05, 3.63) is 48.6 Å². The number of hydrogen-bond acceptors (Lipinski definition) is 0. The van der Waals surface area contributed by atoms with Crippen LogP contribution in [0.25, 0.3) is 0 Å². The van der Waals surface area contributed by atoms with Gasteiger partial charge in [0.05, 0.1) is 0 Å². The van der Waals surface area contributed by atoms with Gasteiger partial charge in [-0.15, -0.1) is 0 Å². The lowest BCUT2D eigenvalue weighted by Gasteiger charge is -1.89. The Morgan fingerprint density at radius 3 is 2.75 bits per heavy atom. The molecule has 0 aromatic carbocycles. The van der Waals surface area contributed by atoms with Gasteiger partial charge in [0.25, 0.3) is 0 Å². The summed E-state index contributed by atoms with van der Waals surface area (Å²) >= 11 is 0. The number of hydrogen-bond donors (Lipinski definition) is 0. The van der Waals surface area contributed by atoms with Gasteiger partial charge in [-0.25, -0.2) is 0 Å². The lowest BCUT2D eigenvalue weighted by Crippen LogP contribution is -1.69. The summed E-state index contributed by atoms with van der Waals surface area (Å²) in [5.41, 5.74) is 0. The minimum absolute atomic E-state index is 0.981. The number of allylic oxidation sites excluding steroid dienone is 8. The minimum atomic E-state index is 0.981. The zero-order chi connectivity index (χ0) is 8.49. The fraction of sp³-hybridized carbons (Fsp3) is 0.333. The maximum absolute atomic E-state index is 3.12. The van der Waals surface area contributed by atoms with Gasteiger partial charge in [0.1, 0.15) is 0 Å². The van der Waals surface area contributed by atoms with Gasteiger partial charge in [-0.1, -0.05) is 42.5 Å². The number of rotatable bonds is 0. The normalized spacial score (nSPS) is 29.3. The molecule has 0 nitrogen and oxygen atoms in total. The molecule has 0 fully saturated rings. The maximum Gasteiger partial charge on any atom is -0.0157 e. The Labute approximate surface area is 75.0 Å². The van der Waals surface area contributed by atoms with E-state index in [2.05, 4.69) is 36.5 Å². The van der Waals surface area contributed by atoms with E-state index in [1.165, 1.54) is 12.8 Å².